The standard InChI is InChI=1S/C19H27N5O/c1-13(2)15-6-8-16(9-7-15)23-18-12-17(21-14(3)22-18)19(25)20-10-11-24(4)5/h6-9,12-13H,10-11H2,1-5H3,(H,20,25)(H,21,22,23). The molecule has 25 heavy (non-hydrogen) atoms. The van der Waals surface area contributed by atoms with E-state index in [0.717, 1.165) is 12.2 Å². The quantitative estimate of drug-likeness (QED) is 0.810. The van der Waals surface area contributed by atoms with Crippen LogP contribution < -0.4 is 10.6 Å². The van der Waals surface area contributed by atoms with Crippen molar-refractivity contribution in [3.63, 3.8) is 0 Å². The van der Waals surface area contributed by atoms with Crippen molar-refractivity contribution in [2.75, 3.05) is 32.5 Å². The Bertz CT molecular complexity index is 710. The average molecular weight is 341 g/mol. The lowest BCUT2D eigenvalue weighted by Crippen LogP contribution is -2.32. The predicted octanol–water partition coefficient (Wildman–Crippen LogP) is 2.94. The normalized spacial score (nSPS) is 11.0. The summed E-state index contributed by atoms with van der Waals surface area (Å²) in [4.78, 5) is 22.9. The molecule has 0 saturated carbocycles. The van der Waals surface area contributed by atoms with Crippen LogP contribution >= 0.6 is 0 Å². The van der Waals surface area contributed by atoms with Crippen molar-refractivity contribution in [3.8, 4) is 0 Å². The van der Waals surface area contributed by atoms with Gasteiger partial charge in [-0.15, -0.1) is 0 Å². The SMILES string of the molecule is Cc1nc(Nc2ccc(C(C)C)cc2)cc(C(=O)NCCN(C)C)n1. The molecule has 1 heterocycles. The van der Waals surface area contributed by atoms with Gasteiger partial charge in [-0.05, 0) is 44.6 Å². The molecule has 1 aromatic heterocycles. The van der Waals surface area contributed by atoms with Gasteiger partial charge in [0.15, 0.2) is 0 Å². The van der Waals surface area contributed by atoms with E-state index in [1.54, 1.807) is 13.0 Å². The monoisotopic (exact) mass is 341 g/mol. The van der Waals surface area contributed by atoms with Gasteiger partial charge in [0.05, 0.1) is 0 Å². The second kappa shape index (κ2) is 8.58. The molecule has 0 bridgehead atoms. The summed E-state index contributed by atoms with van der Waals surface area (Å²) >= 11 is 0. The molecule has 0 aliphatic rings. The number of nitrogens with one attached hydrogen (secondary N) is 2. The molecule has 6 nitrogen and oxygen atoms in total. The summed E-state index contributed by atoms with van der Waals surface area (Å²) < 4.78 is 0. The molecule has 2 rings (SSSR count). The van der Waals surface area contributed by atoms with Gasteiger partial charge in [-0.2, -0.15) is 0 Å². The minimum atomic E-state index is -0.189. The van der Waals surface area contributed by atoms with Gasteiger partial charge < -0.3 is 15.5 Å². The van der Waals surface area contributed by atoms with E-state index in [9.17, 15) is 4.79 Å². The van der Waals surface area contributed by atoms with Gasteiger partial charge >= 0.3 is 0 Å². The first kappa shape index (κ1) is 18.9. The van der Waals surface area contributed by atoms with E-state index in [0.29, 0.717) is 29.8 Å². The van der Waals surface area contributed by atoms with Gasteiger partial charge in [-0.3, -0.25) is 4.79 Å². The summed E-state index contributed by atoms with van der Waals surface area (Å²) in [5.74, 6) is 1.47. The number of hydrogen-bond acceptors (Lipinski definition) is 5. The minimum Gasteiger partial charge on any atom is -0.349 e. The lowest BCUT2D eigenvalue weighted by molar-refractivity contribution is 0.0945. The number of amides is 1. The molecule has 2 N–H and O–H groups in total. The highest BCUT2D eigenvalue weighted by molar-refractivity contribution is 5.93. The molecule has 1 amide bonds. The highest BCUT2D eigenvalue weighted by Crippen LogP contribution is 2.20. The fourth-order valence-corrected chi connectivity index (χ4v) is 2.33. The third kappa shape index (κ3) is 5.83. The summed E-state index contributed by atoms with van der Waals surface area (Å²) in [5, 5.41) is 6.11. The van der Waals surface area contributed by atoms with Crippen molar-refractivity contribution in [3.05, 3.63) is 47.4 Å². The van der Waals surface area contributed by atoms with Crippen LogP contribution in [0.25, 0.3) is 0 Å². The summed E-state index contributed by atoms with van der Waals surface area (Å²) in [7, 11) is 3.93. The number of nitrogens with zero attached hydrogens (tertiary/aromatic N) is 3. The second-order valence-electron chi connectivity index (χ2n) is 6.65. The van der Waals surface area contributed by atoms with Crippen LogP contribution in [0, 0.1) is 6.92 Å². The van der Waals surface area contributed by atoms with Crippen molar-refractivity contribution >= 4 is 17.4 Å². The zero-order chi connectivity index (χ0) is 18.4. The maximum atomic E-state index is 12.3. The number of aryl methyl sites for hydroxylation is 1. The zero-order valence-corrected chi connectivity index (χ0v) is 15.6. The number of likely N-dealkylation sites (N-methyl/N-ethyl adjacent to an activating group) is 1. The number of anilines is 2. The Labute approximate surface area is 149 Å². The molecule has 134 valence electrons. The summed E-state index contributed by atoms with van der Waals surface area (Å²) in [5.41, 5.74) is 2.58. The summed E-state index contributed by atoms with van der Waals surface area (Å²) in [6.07, 6.45) is 0. The summed E-state index contributed by atoms with van der Waals surface area (Å²) in [6.45, 7) is 7.47. The van der Waals surface area contributed by atoms with Crippen LogP contribution in [-0.4, -0.2) is 48.0 Å². The van der Waals surface area contributed by atoms with Crippen molar-refractivity contribution in [1.82, 2.24) is 20.2 Å². The number of benzene rings is 1. The van der Waals surface area contributed by atoms with Gasteiger partial charge in [-0.25, -0.2) is 9.97 Å². The van der Waals surface area contributed by atoms with Crippen LogP contribution in [0.4, 0.5) is 11.5 Å². The van der Waals surface area contributed by atoms with Crippen LogP contribution in [0.5, 0.6) is 0 Å². The van der Waals surface area contributed by atoms with Gasteiger partial charge in [0.1, 0.15) is 17.3 Å². The number of aromatic nitrogens is 2. The van der Waals surface area contributed by atoms with E-state index in [-0.39, 0.29) is 5.91 Å². The Hall–Kier alpha value is -2.47. The molecule has 0 saturated heterocycles. The first-order valence-electron chi connectivity index (χ1n) is 8.50. The van der Waals surface area contributed by atoms with E-state index in [4.69, 9.17) is 0 Å². The molecule has 0 aliphatic heterocycles. The minimum absolute atomic E-state index is 0.189. The van der Waals surface area contributed by atoms with E-state index >= 15 is 0 Å². The van der Waals surface area contributed by atoms with Crippen molar-refractivity contribution in [2.24, 2.45) is 0 Å². The second-order valence-corrected chi connectivity index (χ2v) is 6.65. The molecule has 6 heteroatoms. The molecule has 0 aliphatic carbocycles. The fraction of sp³-hybridized carbons (Fsp3) is 0.421. The smallest absolute Gasteiger partial charge is 0.270 e. The van der Waals surface area contributed by atoms with E-state index in [2.05, 4.69) is 46.6 Å². The maximum absolute atomic E-state index is 12.3. The molecule has 2 aromatic rings. The first-order valence-corrected chi connectivity index (χ1v) is 8.50. The van der Waals surface area contributed by atoms with Gasteiger partial charge in [0, 0.05) is 24.8 Å². The highest BCUT2D eigenvalue weighted by Gasteiger charge is 2.10. The van der Waals surface area contributed by atoms with E-state index in [1.807, 2.05) is 31.1 Å². The van der Waals surface area contributed by atoms with E-state index in [1.165, 1.54) is 5.56 Å². The lowest BCUT2D eigenvalue weighted by atomic mass is 10.0. The largest absolute Gasteiger partial charge is 0.349 e. The topological polar surface area (TPSA) is 70.2 Å². The van der Waals surface area contributed by atoms with Crippen molar-refractivity contribution in [1.29, 1.82) is 0 Å². The van der Waals surface area contributed by atoms with Crippen LogP contribution in [0.1, 0.15) is 41.6 Å². The maximum Gasteiger partial charge on any atom is 0.270 e. The molecule has 0 fully saturated rings. The van der Waals surface area contributed by atoms with Crippen LogP contribution in [-0.2, 0) is 0 Å². The zero-order valence-electron chi connectivity index (χ0n) is 15.6. The summed E-state index contributed by atoms with van der Waals surface area (Å²) in [6, 6.07) is 9.90. The number of carbonyl (C=O) groups excluding carboxylic acids is 1. The molecule has 1 aromatic carbocycles. The lowest BCUT2D eigenvalue weighted by Gasteiger charge is -2.12. The van der Waals surface area contributed by atoms with Crippen LogP contribution in [0.15, 0.2) is 30.3 Å². The Kier molecular flexibility index (Phi) is 6.47. The molecule has 0 atom stereocenters. The van der Waals surface area contributed by atoms with Crippen LogP contribution in [0.3, 0.4) is 0 Å². The Balaban J connectivity index is 2.08. The fourth-order valence-electron chi connectivity index (χ4n) is 2.33. The number of hydrogen-bond donors (Lipinski definition) is 2. The molecule has 0 radical (unpaired) electrons. The van der Waals surface area contributed by atoms with E-state index < -0.39 is 0 Å². The van der Waals surface area contributed by atoms with Gasteiger partial charge in [-0.1, -0.05) is 26.0 Å². The van der Waals surface area contributed by atoms with Crippen molar-refractivity contribution < 1.29 is 4.79 Å². The average Bonchev–Trinajstić information content (AvgIpc) is 2.54. The Morgan fingerprint density at radius 3 is 2.44 bits per heavy atom. The molecule has 0 spiro atoms. The third-order valence-corrected chi connectivity index (χ3v) is 3.76. The highest BCUT2D eigenvalue weighted by atomic mass is 16.1. The number of carbonyl (C=O) groups is 1. The molecule has 0 unspecified atom stereocenters. The number of rotatable bonds is 7. The Morgan fingerprint density at radius 1 is 1.16 bits per heavy atom. The predicted molar refractivity (Wildman–Crippen MR) is 101 cm³/mol. The third-order valence-electron chi connectivity index (χ3n) is 3.76. The van der Waals surface area contributed by atoms with Crippen molar-refractivity contribution in [2.45, 2.75) is 26.7 Å². The molecular weight excluding hydrogens is 314 g/mol. The molecular formula is C19H27N5O. The van der Waals surface area contributed by atoms with Gasteiger partial charge in [0.25, 0.3) is 5.91 Å². The Morgan fingerprint density at radius 2 is 1.84 bits per heavy atom. The first-order chi connectivity index (χ1) is 11.8. The van der Waals surface area contributed by atoms with Crippen LogP contribution in [0.2, 0.25) is 0 Å². The van der Waals surface area contributed by atoms with Gasteiger partial charge in [0.2, 0.25) is 0 Å².